The number of carbonyl (C=O) groups excluding carboxylic acids is 1. The third kappa shape index (κ3) is 3.77. The summed E-state index contributed by atoms with van der Waals surface area (Å²) in [6.07, 6.45) is 2.51. The Bertz CT molecular complexity index is 367. The van der Waals surface area contributed by atoms with Crippen LogP contribution in [-0.2, 0) is 11.3 Å². The van der Waals surface area contributed by atoms with Crippen molar-refractivity contribution >= 4 is 5.91 Å². The number of likely N-dealkylation sites (N-methyl/N-ethyl adjacent to an activating group) is 1. The lowest BCUT2D eigenvalue weighted by atomic mass is 10.3. The second-order valence-electron chi connectivity index (χ2n) is 3.53. The Hall–Kier alpha value is -1.50. The van der Waals surface area contributed by atoms with E-state index < -0.39 is 12.6 Å². The topological polar surface area (TPSA) is 59.0 Å². The smallest absolute Gasteiger partial charge is 0.319 e. The van der Waals surface area contributed by atoms with Gasteiger partial charge in [-0.05, 0) is 13.8 Å². The van der Waals surface area contributed by atoms with Crippen LogP contribution in [0.1, 0.15) is 26.2 Å². The molecule has 1 unspecified atom stereocenters. The molecule has 0 saturated heterocycles. The lowest BCUT2D eigenvalue weighted by Crippen LogP contribution is -2.42. The zero-order valence-electron chi connectivity index (χ0n) is 9.78. The lowest BCUT2D eigenvalue weighted by Gasteiger charge is -2.13. The molecule has 0 aliphatic heterocycles. The van der Waals surface area contributed by atoms with Crippen molar-refractivity contribution in [1.29, 1.82) is 0 Å². The summed E-state index contributed by atoms with van der Waals surface area (Å²) in [7, 11) is 0. The van der Waals surface area contributed by atoms with Crippen LogP contribution in [0.4, 0.5) is 8.78 Å². The van der Waals surface area contributed by atoms with E-state index in [0.29, 0.717) is 6.54 Å². The SMILES string of the molecule is CCNC(=O)C(C)NCc1nccn1C(F)F. The summed E-state index contributed by atoms with van der Waals surface area (Å²) in [5, 5.41) is 5.47. The Balaban J connectivity index is 2.50. The normalized spacial score (nSPS) is 12.8. The van der Waals surface area contributed by atoms with E-state index in [-0.39, 0.29) is 18.3 Å². The number of hydrogen-bond donors (Lipinski definition) is 2. The van der Waals surface area contributed by atoms with Crippen LogP contribution in [0.2, 0.25) is 0 Å². The van der Waals surface area contributed by atoms with Crippen LogP contribution < -0.4 is 10.6 Å². The quantitative estimate of drug-likeness (QED) is 0.783. The molecule has 96 valence electrons. The fourth-order valence-electron chi connectivity index (χ4n) is 1.32. The predicted molar refractivity (Wildman–Crippen MR) is 58.5 cm³/mol. The minimum atomic E-state index is -2.62. The van der Waals surface area contributed by atoms with Crippen LogP contribution >= 0.6 is 0 Å². The number of carbonyl (C=O) groups is 1. The van der Waals surface area contributed by atoms with E-state index in [0.717, 1.165) is 4.57 Å². The summed E-state index contributed by atoms with van der Waals surface area (Å²) in [5.41, 5.74) is 0. The lowest BCUT2D eigenvalue weighted by molar-refractivity contribution is -0.122. The molecule has 0 aromatic carbocycles. The molecule has 7 heteroatoms. The highest BCUT2D eigenvalue weighted by Gasteiger charge is 2.14. The molecule has 0 aliphatic carbocycles. The van der Waals surface area contributed by atoms with Crippen LogP contribution in [0.15, 0.2) is 12.4 Å². The van der Waals surface area contributed by atoms with E-state index in [1.807, 2.05) is 6.92 Å². The monoisotopic (exact) mass is 246 g/mol. The van der Waals surface area contributed by atoms with Gasteiger partial charge in [0.05, 0.1) is 12.6 Å². The van der Waals surface area contributed by atoms with Gasteiger partial charge in [-0.3, -0.25) is 14.7 Å². The van der Waals surface area contributed by atoms with Gasteiger partial charge in [0, 0.05) is 18.9 Å². The van der Waals surface area contributed by atoms with Crippen LogP contribution in [0, 0.1) is 0 Å². The van der Waals surface area contributed by atoms with Crippen molar-refractivity contribution in [3.8, 4) is 0 Å². The average molecular weight is 246 g/mol. The Morgan fingerprint density at radius 1 is 1.59 bits per heavy atom. The zero-order chi connectivity index (χ0) is 12.8. The molecule has 2 N–H and O–H groups in total. The first-order valence-corrected chi connectivity index (χ1v) is 5.37. The first-order chi connectivity index (χ1) is 8.06. The molecule has 0 spiro atoms. The zero-order valence-corrected chi connectivity index (χ0v) is 9.78. The Labute approximate surface area is 98.2 Å². The maximum absolute atomic E-state index is 12.5. The Kier molecular flexibility index (Phi) is 5.02. The van der Waals surface area contributed by atoms with Gasteiger partial charge in [-0.25, -0.2) is 4.98 Å². The molecule has 1 amide bonds. The largest absolute Gasteiger partial charge is 0.355 e. The highest BCUT2D eigenvalue weighted by atomic mass is 19.3. The van der Waals surface area contributed by atoms with Crippen molar-refractivity contribution in [2.24, 2.45) is 0 Å². The summed E-state index contributed by atoms with van der Waals surface area (Å²) in [4.78, 5) is 15.2. The number of hydrogen-bond acceptors (Lipinski definition) is 3. The van der Waals surface area contributed by atoms with Crippen molar-refractivity contribution in [3.63, 3.8) is 0 Å². The molecule has 5 nitrogen and oxygen atoms in total. The molecule has 1 rings (SSSR count). The minimum absolute atomic E-state index is 0.121. The van der Waals surface area contributed by atoms with Crippen LogP contribution in [0.5, 0.6) is 0 Å². The summed E-state index contributed by atoms with van der Waals surface area (Å²) in [6.45, 7) is 1.52. The molecule has 17 heavy (non-hydrogen) atoms. The van der Waals surface area contributed by atoms with Gasteiger partial charge in [-0.1, -0.05) is 0 Å². The first-order valence-electron chi connectivity index (χ1n) is 5.37. The summed E-state index contributed by atoms with van der Waals surface area (Å²) < 4.78 is 25.7. The van der Waals surface area contributed by atoms with Crippen LogP contribution in [-0.4, -0.2) is 28.0 Å². The fourth-order valence-corrected chi connectivity index (χ4v) is 1.32. The van der Waals surface area contributed by atoms with Gasteiger partial charge >= 0.3 is 6.55 Å². The molecule has 0 fully saturated rings. The van der Waals surface area contributed by atoms with Crippen molar-refractivity contribution in [1.82, 2.24) is 20.2 Å². The van der Waals surface area contributed by atoms with Gasteiger partial charge in [-0.2, -0.15) is 8.78 Å². The Morgan fingerprint density at radius 2 is 2.29 bits per heavy atom. The highest BCUT2D eigenvalue weighted by Crippen LogP contribution is 2.11. The molecule has 0 radical (unpaired) electrons. The number of rotatable bonds is 6. The average Bonchev–Trinajstić information content (AvgIpc) is 2.74. The van der Waals surface area contributed by atoms with Crippen molar-refractivity contribution in [2.45, 2.75) is 33.0 Å². The third-order valence-electron chi connectivity index (χ3n) is 2.27. The van der Waals surface area contributed by atoms with Gasteiger partial charge in [0.15, 0.2) is 0 Å². The van der Waals surface area contributed by atoms with Gasteiger partial charge in [0.25, 0.3) is 0 Å². The molecule has 1 aromatic rings. The number of nitrogens with zero attached hydrogens (tertiary/aromatic N) is 2. The summed E-state index contributed by atoms with van der Waals surface area (Å²) in [5.74, 6) is 0.0406. The maximum Gasteiger partial charge on any atom is 0.319 e. The molecule has 0 bridgehead atoms. The molecule has 1 aromatic heterocycles. The van der Waals surface area contributed by atoms with E-state index >= 15 is 0 Å². The molecule has 1 heterocycles. The molecular weight excluding hydrogens is 230 g/mol. The van der Waals surface area contributed by atoms with Gasteiger partial charge in [0.2, 0.25) is 5.91 Å². The van der Waals surface area contributed by atoms with Crippen molar-refractivity contribution < 1.29 is 13.6 Å². The second kappa shape index (κ2) is 6.29. The minimum Gasteiger partial charge on any atom is -0.355 e. The van der Waals surface area contributed by atoms with Crippen molar-refractivity contribution in [3.05, 3.63) is 18.2 Å². The fraction of sp³-hybridized carbons (Fsp3) is 0.600. The number of halogens is 2. The Morgan fingerprint density at radius 3 is 2.88 bits per heavy atom. The van der Waals surface area contributed by atoms with E-state index in [9.17, 15) is 13.6 Å². The van der Waals surface area contributed by atoms with Crippen LogP contribution in [0.25, 0.3) is 0 Å². The third-order valence-corrected chi connectivity index (χ3v) is 2.27. The standard InChI is InChI=1S/C10H16F2N4O/c1-3-13-9(17)7(2)15-6-8-14-4-5-16(8)10(11)12/h4-5,7,10,15H,3,6H2,1-2H3,(H,13,17). The molecule has 1 atom stereocenters. The van der Waals surface area contributed by atoms with E-state index in [1.54, 1.807) is 6.92 Å². The van der Waals surface area contributed by atoms with E-state index in [4.69, 9.17) is 0 Å². The second-order valence-corrected chi connectivity index (χ2v) is 3.53. The number of amides is 1. The number of imidazole rings is 1. The van der Waals surface area contributed by atoms with Gasteiger partial charge < -0.3 is 5.32 Å². The molecular formula is C10H16F2N4O. The van der Waals surface area contributed by atoms with E-state index in [2.05, 4.69) is 15.6 Å². The first kappa shape index (κ1) is 13.6. The number of alkyl halides is 2. The van der Waals surface area contributed by atoms with Gasteiger partial charge in [-0.15, -0.1) is 0 Å². The van der Waals surface area contributed by atoms with E-state index in [1.165, 1.54) is 12.4 Å². The van der Waals surface area contributed by atoms with Crippen molar-refractivity contribution in [2.75, 3.05) is 6.54 Å². The number of nitrogens with one attached hydrogen (secondary N) is 2. The number of aromatic nitrogens is 2. The predicted octanol–water partition coefficient (Wildman–Crippen LogP) is 0.892. The molecule has 0 aliphatic rings. The van der Waals surface area contributed by atoms with Gasteiger partial charge in [0.1, 0.15) is 5.82 Å². The summed E-state index contributed by atoms with van der Waals surface area (Å²) >= 11 is 0. The maximum atomic E-state index is 12.5. The van der Waals surface area contributed by atoms with Crippen LogP contribution in [0.3, 0.4) is 0 Å². The highest BCUT2D eigenvalue weighted by molar-refractivity contribution is 5.81. The summed E-state index contributed by atoms with van der Waals surface area (Å²) in [6, 6.07) is -0.447. The molecule has 0 saturated carbocycles.